The maximum absolute atomic E-state index is 14.0. The Balaban J connectivity index is 1.33. The van der Waals surface area contributed by atoms with E-state index in [1.54, 1.807) is 11.9 Å². The van der Waals surface area contributed by atoms with Crippen LogP contribution in [0.1, 0.15) is 62.5 Å². The van der Waals surface area contributed by atoms with Crippen molar-refractivity contribution >= 4 is 23.3 Å². The highest BCUT2D eigenvalue weighted by Crippen LogP contribution is 2.56. The molecule has 2 aromatic carbocycles. The fourth-order valence-electron chi connectivity index (χ4n) is 6.68. The Labute approximate surface area is 229 Å². The van der Waals surface area contributed by atoms with Crippen LogP contribution in [-0.2, 0) is 10.2 Å². The number of rotatable bonds is 8. The molecule has 3 N–H and O–H groups in total. The van der Waals surface area contributed by atoms with Gasteiger partial charge in [-0.3, -0.25) is 4.79 Å². The van der Waals surface area contributed by atoms with Gasteiger partial charge in [-0.25, -0.2) is 4.79 Å². The van der Waals surface area contributed by atoms with Crippen LogP contribution in [0.25, 0.3) is 0 Å². The second-order valence-corrected chi connectivity index (χ2v) is 11.0. The zero-order valence-corrected chi connectivity index (χ0v) is 22.7. The zero-order chi connectivity index (χ0) is 27.0. The first-order valence-electron chi connectivity index (χ1n) is 14.3. The number of carbonyl (C=O) groups is 2. The van der Waals surface area contributed by atoms with E-state index in [9.17, 15) is 9.59 Å². The van der Waals surface area contributed by atoms with Crippen LogP contribution in [0.15, 0.2) is 30.3 Å². The van der Waals surface area contributed by atoms with E-state index in [-0.39, 0.29) is 24.6 Å². The van der Waals surface area contributed by atoms with E-state index in [2.05, 4.69) is 5.32 Å². The van der Waals surface area contributed by atoms with Crippen molar-refractivity contribution in [2.24, 2.45) is 5.73 Å². The summed E-state index contributed by atoms with van der Waals surface area (Å²) in [5.74, 6) is 1.76. The van der Waals surface area contributed by atoms with Gasteiger partial charge in [0, 0.05) is 42.5 Å². The van der Waals surface area contributed by atoms with Gasteiger partial charge in [0.2, 0.25) is 5.91 Å². The molecule has 9 nitrogen and oxygen atoms in total. The Morgan fingerprint density at radius 3 is 2.56 bits per heavy atom. The third-order valence-electron chi connectivity index (χ3n) is 8.67. The summed E-state index contributed by atoms with van der Waals surface area (Å²) in [6.07, 6.45) is 8.46. The topological polar surface area (TPSA) is 106 Å². The lowest BCUT2D eigenvalue weighted by Gasteiger charge is -2.30. The molecule has 1 saturated carbocycles. The Morgan fingerprint density at radius 2 is 1.79 bits per heavy atom. The van der Waals surface area contributed by atoms with Crippen LogP contribution in [0.5, 0.6) is 17.2 Å². The molecule has 9 heteroatoms. The lowest BCUT2D eigenvalue weighted by atomic mass is 9.76. The summed E-state index contributed by atoms with van der Waals surface area (Å²) in [6, 6.07) is 9.56. The van der Waals surface area contributed by atoms with Crippen molar-refractivity contribution in [3.05, 3.63) is 41.5 Å². The third-order valence-corrected chi connectivity index (χ3v) is 8.67. The highest BCUT2D eigenvalue weighted by molar-refractivity contribution is 6.13. The Morgan fingerprint density at radius 1 is 1.05 bits per heavy atom. The monoisotopic (exact) mass is 534 g/mol. The number of carbonyl (C=O) groups excluding carboxylic acids is 2. The summed E-state index contributed by atoms with van der Waals surface area (Å²) in [5.41, 5.74) is 7.53. The first-order valence-corrected chi connectivity index (χ1v) is 14.3. The summed E-state index contributed by atoms with van der Waals surface area (Å²) >= 11 is 0. The van der Waals surface area contributed by atoms with E-state index in [0.29, 0.717) is 42.7 Å². The summed E-state index contributed by atoms with van der Waals surface area (Å²) in [6.45, 7) is 2.50. The minimum Gasteiger partial charge on any atom is -0.491 e. The molecule has 0 bridgehead atoms. The fraction of sp³-hybridized carbons (Fsp3) is 0.533. The molecular formula is C30H38N4O5. The molecule has 4 aliphatic rings. The Kier molecular flexibility index (Phi) is 7.01. The molecule has 0 radical (unpaired) electrons. The first-order chi connectivity index (χ1) is 19.0. The maximum atomic E-state index is 14.0. The van der Waals surface area contributed by atoms with Gasteiger partial charge in [-0.1, -0.05) is 31.7 Å². The minimum absolute atomic E-state index is 0.0813. The third kappa shape index (κ3) is 4.36. The predicted octanol–water partition coefficient (Wildman–Crippen LogP) is 4.41. The van der Waals surface area contributed by atoms with Crippen LogP contribution in [0.4, 0.5) is 16.2 Å². The van der Waals surface area contributed by atoms with Gasteiger partial charge < -0.3 is 35.1 Å². The standard InChI is InChI=1S/C30H38N4O5/c1-33-23-12-8-11-22(32-29(36)34(20-9-4-5-10-20)14-7-3-2-6-13-31)27(23)30(28(33)35)19-39-24-18-26-25(17-21(24)30)37-15-16-38-26/h8,11-12,17-18,20H,2-7,9-10,13-16,19,31H2,1H3,(H,32,36). The molecule has 0 aromatic heterocycles. The number of hydrogen-bond acceptors (Lipinski definition) is 6. The van der Waals surface area contributed by atoms with Gasteiger partial charge in [0.1, 0.15) is 31.0 Å². The smallest absolute Gasteiger partial charge is 0.322 e. The molecule has 3 aliphatic heterocycles. The van der Waals surface area contributed by atoms with Crippen LogP contribution in [-0.4, -0.2) is 62.8 Å². The number of amides is 3. The fourth-order valence-corrected chi connectivity index (χ4v) is 6.68. The van der Waals surface area contributed by atoms with Crippen molar-refractivity contribution in [1.29, 1.82) is 0 Å². The van der Waals surface area contributed by atoms with Crippen LogP contribution >= 0.6 is 0 Å². The average molecular weight is 535 g/mol. The maximum Gasteiger partial charge on any atom is 0.322 e. The lowest BCUT2D eigenvalue weighted by Crippen LogP contribution is -2.43. The number of fused-ring (bicyclic) bond motifs is 5. The molecule has 1 atom stereocenters. The highest BCUT2D eigenvalue weighted by atomic mass is 16.6. The summed E-state index contributed by atoms with van der Waals surface area (Å²) < 4.78 is 17.7. The van der Waals surface area contributed by atoms with Crippen molar-refractivity contribution < 1.29 is 23.8 Å². The van der Waals surface area contributed by atoms with E-state index in [4.69, 9.17) is 19.9 Å². The minimum atomic E-state index is -1.07. The van der Waals surface area contributed by atoms with Gasteiger partial charge in [0.15, 0.2) is 11.5 Å². The summed E-state index contributed by atoms with van der Waals surface area (Å²) in [4.78, 5) is 31.5. The van der Waals surface area contributed by atoms with Crippen molar-refractivity contribution in [3.63, 3.8) is 0 Å². The van der Waals surface area contributed by atoms with E-state index in [1.165, 1.54) is 0 Å². The number of urea groups is 1. The number of nitrogens with one attached hydrogen (secondary N) is 1. The number of ether oxygens (including phenoxy) is 3. The molecule has 3 heterocycles. The normalized spacial score (nSPS) is 21.2. The van der Waals surface area contributed by atoms with Crippen molar-refractivity contribution in [1.82, 2.24) is 4.90 Å². The molecule has 2 aromatic rings. The lowest BCUT2D eigenvalue weighted by molar-refractivity contribution is -0.121. The average Bonchev–Trinajstić information content (AvgIpc) is 3.66. The summed E-state index contributed by atoms with van der Waals surface area (Å²) in [7, 11) is 1.78. The predicted molar refractivity (Wildman–Crippen MR) is 149 cm³/mol. The molecule has 0 saturated heterocycles. The van der Waals surface area contributed by atoms with Gasteiger partial charge in [-0.05, 0) is 50.4 Å². The molecule has 208 valence electrons. The van der Waals surface area contributed by atoms with E-state index in [1.807, 2.05) is 35.2 Å². The van der Waals surface area contributed by atoms with Crippen LogP contribution in [0.2, 0.25) is 0 Å². The van der Waals surface area contributed by atoms with Crippen molar-refractivity contribution in [2.45, 2.75) is 62.8 Å². The second kappa shape index (κ2) is 10.6. The molecule has 1 unspecified atom stereocenters. The number of benzene rings is 2. The number of likely N-dealkylation sites (N-methyl/N-ethyl adjacent to an activating group) is 1. The molecule has 6 rings (SSSR count). The Hall–Kier alpha value is -3.46. The molecule has 3 amide bonds. The molecule has 1 aliphatic carbocycles. The molecular weight excluding hydrogens is 496 g/mol. The first kappa shape index (κ1) is 25.8. The molecule has 1 spiro atoms. The van der Waals surface area contributed by atoms with Gasteiger partial charge in [0.25, 0.3) is 0 Å². The molecule has 39 heavy (non-hydrogen) atoms. The van der Waals surface area contributed by atoms with Gasteiger partial charge in [0.05, 0.1) is 5.69 Å². The zero-order valence-electron chi connectivity index (χ0n) is 22.7. The number of nitrogens with two attached hydrogens (primary N) is 1. The number of anilines is 2. The SMILES string of the molecule is CN1C(=O)C2(COc3cc4c(cc32)OCCO4)c2c(NC(=O)N(CCCCCCN)C3CCCC3)cccc21. The number of unbranched alkanes of at least 4 members (excludes halogenated alkanes) is 3. The summed E-state index contributed by atoms with van der Waals surface area (Å²) in [5, 5.41) is 3.23. The number of hydrogen-bond donors (Lipinski definition) is 2. The largest absolute Gasteiger partial charge is 0.491 e. The van der Waals surface area contributed by atoms with Crippen LogP contribution < -0.4 is 30.2 Å². The van der Waals surface area contributed by atoms with E-state index in [0.717, 1.165) is 74.7 Å². The van der Waals surface area contributed by atoms with Crippen molar-refractivity contribution in [3.8, 4) is 17.2 Å². The van der Waals surface area contributed by atoms with Gasteiger partial charge >= 0.3 is 6.03 Å². The van der Waals surface area contributed by atoms with E-state index < -0.39 is 5.41 Å². The Bertz CT molecular complexity index is 1260. The van der Waals surface area contributed by atoms with Crippen molar-refractivity contribution in [2.75, 3.05) is 50.2 Å². The number of nitrogens with zero attached hydrogens (tertiary/aromatic N) is 2. The van der Waals surface area contributed by atoms with Gasteiger partial charge in [-0.2, -0.15) is 0 Å². The van der Waals surface area contributed by atoms with Crippen LogP contribution in [0, 0.1) is 0 Å². The van der Waals surface area contributed by atoms with E-state index >= 15 is 0 Å². The van der Waals surface area contributed by atoms with Crippen LogP contribution in [0.3, 0.4) is 0 Å². The molecule has 1 fully saturated rings. The second-order valence-electron chi connectivity index (χ2n) is 11.0. The quantitative estimate of drug-likeness (QED) is 0.486. The van der Waals surface area contributed by atoms with Gasteiger partial charge in [-0.15, -0.1) is 0 Å². The highest BCUT2D eigenvalue weighted by Gasteiger charge is 2.58.